The van der Waals surface area contributed by atoms with E-state index in [2.05, 4.69) is 4.72 Å². The lowest BCUT2D eigenvalue weighted by Crippen LogP contribution is -2.41. The summed E-state index contributed by atoms with van der Waals surface area (Å²) in [6.45, 7) is 3.29. The number of hydrogen-bond donors (Lipinski definition) is 1. The predicted molar refractivity (Wildman–Crippen MR) is 130 cm³/mol. The molecule has 12 heteroatoms. The zero-order chi connectivity index (χ0) is 25.7. The Balaban J connectivity index is 1.69. The standard InChI is InChI=1S/C24H29N3O8S/c1-32-21-4-3-20(16-22(21)33-2)36(30,31)25-19-14-17(23(28)26-5-9-34-10-6-26)13-18(15-19)24(29)27-7-11-35-12-8-27/h3-4,13-16,25H,5-12H2,1-2H3. The van der Waals surface area contributed by atoms with Crippen molar-refractivity contribution in [3.63, 3.8) is 0 Å². The Bertz CT molecular complexity index is 1170. The van der Waals surface area contributed by atoms with Gasteiger partial charge in [-0.2, -0.15) is 0 Å². The zero-order valence-electron chi connectivity index (χ0n) is 20.2. The Hall–Kier alpha value is -3.35. The Morgan fingerprint density at radius 2 is 1.28 bits per heavy atom. The van der Waals surface area contributed by atoms with E-state index in [1.54, 1.807) is 9.80 Å². The third kappa shape index (κ3) is 5.72. The molecule has 2 fully saturated rings. The van der Waals surface area contributed by atoms with Crippen LogP contribution >= 0.6 is 0 Å². The number of amides is 2. The van der Waals surface area contributed by atoms with Gasteiger partial charge in [0.2, 0.25) is 0 Å². The maximum Gasteiger partial charge on any atom is 0.262 e. The molecule has 2 amide bonds. The summed E-state index contributed by atoms with van der Waals surface area (Å²) in [5, 5.41) is 0. The molecule has 0 radical (unpaired) electrons. The number of methoxy groups -OCH3 is 2. The van der Waals surface area contributed by atoms with Gasteiger partial charge in [0.05, 0.1) is 51.2 Å². The molecular weight excluding hydrogens is 490 g/mol. The summed E-state index contributed by atoms with van der Waals surface area (Å²) in [5.41, 5.74) is 0.516. The van der Waals surface area contributed by atoms with Crippen LogP contribution in [0.3, 0.4) is 0 Å². The summed E-state index contributed by atoms with van der Waals surface area (Å²) in [6, 6.07) is 8.58. The van der Waals surface area contributed by atoms with Gasteiger partial charge < -0.3 is 28.7 Å². The van der Waals surface area contributed by atoms with Gasteiger partial charge in [-0.15, -0.1) is 0 Å². The fourth-order valence-electron chi connectivity index (χ4n) is 4.03. The molecule has 2 aromatic carbocycles. The minimum atomic E-state index is -4.08. The molecule has 4 rings (SSSR count). The first-order valence-corrected chi connectivity index (χ1v) is 12.9. The van der Waals surface area contributed by atoms with E-state index in [9.17, 15) is 18.0 Å². The molecule has 0 aromatic heterocycles. The quantitative estimate of drug-likeness (QED) is 0.583. The fourth-order valence-corrected chi connectivity index (χ4v) is 5.08. The van der Waals surface area contributed by atoms with Gasteiger partial charge in [-0.1, -0.05) is 0 Å². The Morgan fingerprint density at radius 1 is 0.778 bits per heavy atom. The van der Waals surface area contributed by atoms with Crippen molar-refractivity contribution in [2.24, 2.45) is 0 Å². The normalized spacial score (nSPS) is 16.4. The van der Waals surface area contributed by atoms with Crippen molar-refractivity contribution in [3.8, 4) is 11.5 Å². The van der Waals surface area contributed by atoms with E-state index in [0.29, 0.717) is 58.4 Å². The third-order valence-electron chi connectivity index (χ3n) is 5.94. The van der Waals surface area contributed by atoms with Gasteiger partial charge >= 0.3 is 0 Å². The van der Waals surface area contributed by atoms with Crippen molar-refractivity contribution < 1.29 is 37.0 Å². The van der Waals surface area contributed by atoms with E-state index < -0.39 is 10.0 Å². The van der Waals surface area contributed by atoms with Crippen LogP contribution in [0, 0.1) is 0 Å². The molecule has 194 valence electrons. The van der Waals surface area contributed by atoms with Crippen LogP contribution in [0.25, 0.3) is 0 Å². The van der Waals surface area contributed by atoms with Crippen LogP contribution in [-0.4, -0.2) is 96.9 Å². The van der Waals surface area contributed by atoms with Crippen LogP contribution in [0.4, 0.5) is 5.69 Å². The number of anilines is 1. The molecule has 11 nitrogen and oxygen atoms in total. The van der Waals surface area contributed by atoms with Crippen LogP contribution in [0.1, 0.15) is 20.7 Å². The molecule has 2 aliphatic heterocycles. The molecular formula is C24H29N3O8S. The van der Waals surface area contributed by atoms with E-state index in [0.717, 1.165) is 0 Å². The second kappa shape index (κ2) is 11.1. The highest BCUT2D eigenvalue weighted by Gasteiger charge is 2.25. The molecule has 2 saturated heterocycles. The zero-order valence-corrected chi connectivity index (χ0v) is 21.0. The van der Waals surface area contributed by atoms with E-state index >= 15 is 0 Å². The molecule has 2 aromatic rings. The summed E-state index contributed by atoms with van der Waals surface area (Å²) in [5.74, 6) is 0.0238. The molecule has 2 aliphatic rings. The number of morpholine rings is 2. The molecule has 2 heterocycles. The first kappa shape index (κ1) is 25.7. The SMILES string of the molecule is COc1ccc(S(=O)(=O)Nc2cc(C(=O)N3CCOCC3)cc(C(=O)N3CCOCC3)c2)cc1OC. The van der Waals surface area contributed by atoms with E-state index in [-0.39, 0.29) is 39.3 Å². The number of benzene rings is 2. The lowest BCUT2D eigenvalue weighted by molar-refractivity contribution is 0.0298. The second-order valence-corrected chi connectivity index (χ2v) is 9.91. The van der Waals surface area contributed by atoms with Crippen molar-refractivity contribution in [2.45, 2.75) is 4.90 Å². The van der Waals surface area contributed by atoms with Gasteiger partial charge in [-0.3, -0.25) is 14.3 Å². The minimum absolute atomic E-state index is 0.0638. The van der Waals surface area contributed by atoms with Crippen molar-refractivity contribution in [2.75, 3.05) is 71.5 Å². The Kier molecular flexibility index (Phi) is 7.97. The van der Waals surface area contributed by atoms with Crippen molar-refractivity contribution in [1.82, 2.24) is 9.80 Å². The Morgan fingerprint density at radius 3 is 1.75 bits per heavy atom. The van der Waals surface area contributed by atoms with Gasteiger partial charge in [0.15, 0.2) is 11.5 Å². The van der Waals surface area contributed by atoms with Crippen LogP contribution in [0.15, 0.2) is 41.3 Å². The fraction of sp³-hybridized carbons (Fsp3) is 0.417. The number of ether oxygens (including phenoxy) is 4. The number of rotatable bonds is 7. The first-order chi connectivity index (χ1) is 17.3. The molecule has 0 atom stereocenters. The number of carbonyl (C=O) groups excluding carboxylic acids is 2. The number of nitrogens with one attached hydrogen (secondary N) is 1. The number of nitrogens with zero attached hydrogens (tertiary/aromatic N) is 2. The average molecular weight is 520 g/mol. The van der Waals surface area contributed by atoms with Crippen LogP contribution in [0.2, 0.25) is 0 Å². The highest BCUT2D eigenvalue weighted by molar-refractivity contribution is 7.92. The molecule has 1 N–H and O–H groups in total. The lowest BCUT2D eigenvalue weighted by Gasteiger charge is -2.28. The molecule has 0 aliphatic carbocycles. The third-order valence-corrected chi connectivity index (χ3v) is 7.32. The van der Waals surface area contributed by atoms with E-state index in [1.807, 2.05) is 0 Å². The van der Waals surface area contributed by atoms with Gasteiger partial charge in [0, 0.05) is 43.4 Å². The molecule has 0 unspecified atom stereocenters. The highest BCUT2D eigenvalue weighted by Crippen LogP contribution is 2.30. The Labute approximate surface area is 209 Å². The van der Waals surface area contributed by atoms with Crippen LogP contribution < -0.4 is 14.2 Å². The number of carbonyl (C=O) groups is 2. The topological polar surface area (TPSA) is 124 Å². The number of hydrogen-bond acceptors (Lipinski definition) is 8. The van der Waals surface area contributed by atoms with Gasteiger partial charge in [0.1, 0.15) is 0 Å². The van der Waals surface area contributed by atoms with Crippen molar-refractivity contribution in [1.29, 1.82) is 0 Å². The summed E-state index contributed by atoms with van der Waals surface area (Å²) in [6.07, 6.45) is 0. The van der Waals surface area contributed by atoms with Gasteiger partial charge in [0.25, 0.3) is 21.8 Å². The smallest absolute Gasteiger partial charge is 0.262 e. The maximum absolute atomic E-state index is 13.2. The monoisotopic (exact) mass is 519 g/mol. The summed E-state index contributed by atoms with van der Waals surface area (Å²) in [4.78, 5) is 29.6. The highest BCUT2D eigenvalue weighted by atomic mass is 32.2. The average Bonchev–Trinajstić information content (AvgIpc) is 2.92. The van der Waals surface area contributed by atoms with Gasteiger partial charge in [-0.05, 0) is 30.3 Å². The molecule has 0 spiro atoms. The van der Waals surface area contributed by atoms with Crippen LogP contribution in [-0.2, 0) is 19.5 Å². The second-order valence-electron chi connectivity index (χ2n) is 8.23. The van der Waals surface area contributed by atoms with Crippen molar-refractivity contribution in [3.05, 3.63) is 47.5 Å². The molecule has 0 saturated carbocycles. The van der Waals surface area contributed by atoms with Crippen LogP contribution in [0.5, 0.6) is 11.5 Å². The largest absolute Gasteiger partial charge is 0.493 e. The predicted octanol–water partition coefficient (Wildman–Crippen LogP) is 1.45. The molecule has 0 bridgehead atoms. The minimum Gasteiger partial charge on any atom is -0.493 e. The first-order valence-electron chi connectivity index (χ1n) is 11.5. The summed E-state index contributed by atoms with van der Waals surface area (Å²) in [7, 11) is -1.22. The lowest BCUT2D eigenvalue weighted by atomic mass is 10.1. The summed E-state index contributed by atoms with van der Waals surface area (Å²) >= 11 is 0. The summed E-state index contributed by atoms with van der Waals surface area (Å²) < 4.78 is 50.0. The maximum atomic E-state index is 13.2. The van der Waals surface area contributed by atoms with E-state index in [1.165, 1.54) is 50.6 Å². The van der Waals surface area contributed by atoms with E-state index in [4.69, 9.17) is 18.9 Å². The van der Waals surface area contributed by atoms with Crippen molar-refractivity contribution >= 4 is 27.5 Å². The van der Waals surface area contributed by atoms with Gasteiger partial charge in [-0.25, -0.2) is 8.42 Å². The molecule has 36 heavy (non-hydrogen) atoms. The number of sulfonamides is 1.